The number of halogens is 5. The van der Waals surface area contributed by atoms with Crippen molar-refractivity contribution in [1.82, 2.24) is 10.6 Å². The van der Waals surface area contributed by atoms with Crippen LogP contribution in [0.5, 0.6) is 0 Å². The standard InChI is InChI=1S/C30H34Cl2F3N3O4/c1-16(31)4-3-5-21(35)24-25(26(40)36-19-7-9-23(17(2)39)42-11-19)38-29(12-28(13-29,14-33)15-34)30(24)20-8-6-18(32)10-22(20)37-27(30)41/h3-6,8,10,17,19,23-25,38-39H,1,7,9,11-15H2,2H3,(H,36,40)(H,37,41)/b4-3-,21-5-/t17?,19-,23+,24+,25-,30-/m1/s1. The van der Waals surface area contributed by atoms with Crippen LogP contribution in [0.1, 0.15) is 38.2 Å². The first-order valence-corrected chi connectivity index (χ1v) is 14.7. The average Bonchev–Trinajstić information content (AvgIpc) is 3.39. The van der Waals surface area contributed by atoms with Gasteiger partial charge in [-0.25, -0.2) is 4.39 Å². The number of carbonyl (C=O) groups is 2. The smallest absolute Gasteiger partial charge is 0.238 e. The Balaban J connectivity index is 1.60. The maximum atomic E-state index is 16.5. The number of benzene rings is 1. The van der Waals surface area contributed by atoms with Crippen LogP contribution in [-0.2, 0) is 19.7 Å². The third-order valence-electron chi connectivity index (χ3n) is 9.23. The van der Waals surface area contributed by atoms with Gasteiger partial charge in [-0.3, -0.25) is 23.7 Å². The molecule has 5 rings (SSSR count). The lowest BCUT2D eigenvalue weighted by molar-refractivity contribution is -0.132. The van der Waals surface area contributed by atoms with Gasteiger partial charge in [0.15, 0.2) is 0 Å². The van der Waals surface area contributed by atoms with E-state index in [1.807, 2.05) is 0 Å². The zero-order chi connectivity index (χ0) is 30.4. The third-order valence-corrected chi connectivity index (χ3v) is 9.59. The van der Waals surface area contributed by atoms with E-state index in [-0.39, 0.29) is 30.6 Å². The maximum absolute atomic E-state index is 16.5. The first-order chi connectivity index (χ1) is 19.9. The molecule has 1 aromatic carbocycles. The van der Waals surface area contributed by atoms with Crippen molar-refractivity contribution in [2.45, 2.75) is 67.9 Å². The second kappa shape index (κ2) is 11.6. The summed E-state index contributed by atoms with van der Waals surface area (Å²) in [5.41, 5.74) is -3.69. The lowest BCUT2D eigenvalue weighted by Gasteiger charge is -2.58. The molecule has 3 aliphatic heterocycles. The van der Waals surface area contributed by atoms with Crippen LogP contribution in [0.4, 0.5) is 18.9 Å². The number of aliphatic hydroxyl groups excluding tert-OH is 1. The Hall–Kier alpha value is -2.37. The van der Waals surface area contributed by atoms with Crippen molar-refractivity contribution in [3.63, 3.8) is 0 Å². The molecule has 3 heterocycles. The second-order valence-electron chi connectivity index (χ2n) is 12.0. The molecule has 1 aliphatic carbocycles. The number of hydrogen-bond donors (Lipinski definition) is 4. The summed E-state index contributed by atoms with van der Waals surface area (Å²) in [6, 6.07) is 3.00. The number of anilines is 1. The molecular formula is C30H34Cl2F3N3O4. The first kappa shape index (κ1) is 31.1. The molecular weight excluding hydrogens is 594 g/mol. The fourth-order valence-electron chi connectivity index (χ4n) is 7.46. The highest BCUT2D eigenvalue weighted by Gasteiger charge is 2.78. The van der Waals surface area contributed by atoms with Crippen molar-refractivity contribution in [2.24, 2.45) is 11.3 Å². The minimum Gasteiger partial charge on any atom is -0.391 e. The molecule has 4 aliphatic rings. The van der Waals surface area contributed by atoms with E-state index in [9.17, 15) is 23.5 Å². The Kier molecular flexibility index (Phi) is 8.59. The van der Waals surface area contributed by atoms with Gasteiger partial charge in [-0.15, -0.1) is 0 Å². The van der Waals surface area contributed by atoms with Crippen LogP contribution >= 0.6 is 23.2 Å². The Bertz CT molecular complexity index is 1320. The molecule has 1 saturated carbocycles. The predicted octanol–water partition coefficient (Wildman–Crippen LogP) is 4.78. The highest BCUT2D eigenvalue weighted by atomic mass is 35.5. The normalized spacial score (nSPS) is 32.1. The zero-order valence-corrected chi connectivity index (χ0v) is 24.6. The lowest BCUT2D eigenvalue weighted by atomic mass is 9.46. The molecule has 0 aromatic heterocycles. The number of amides is 2. The fraction of sp³-hybridized carbons (Fsp3) is 0.533. The summed E-state index contributed by atoms with van der Waals surface area (Å²) in [5, 5.41) is 19.3. The number of aliphatic hydroxyl groups is 1. The van der Waals surface area contributed by atoms with E-state index in [1.165, 1.54) is 18.2 Å². The van der Waals surface area contributed by atoms with E-state index < -0.39 is 71.5 Å². The van der Waals surface area contributed by atoms with Gasteiger partial charge in [0.2, 0.25) is 11.8 Å². The van der Waals surface area contributed by atoms with Crippen LogP contribution < -0.4 is 16.0 Å². The maximum Gasteiger partial charge on any atom is 0.238 e. The molecule has 42 heavy (non-hydrogen) atoms. The summed E-state index contributed by atoms with van der Waals surface area (Å²) in [6.45, 7) is 3.38. The number of nitrogens with one attached hydrogen (secondary N) is 3. The van der Waals surface area contributed by atoms with Crippen LogP contribution in [0.15, 0.2) is 53.9 Å². The lowest BCUT2D eigenvalue weighted by Crippen LogP contribution is -2.70. The Morgan fingerprint density at radius 1 is 1.31 bits per heavy atom. The number of ether oxygens (including phenoxy) is 1. The van der Waals surface area contributed by atoms with Crippen molar-refractivity contribution >= 4 is 40.7 Å². The summed E-state index contributed by atoms with van der Waals surface area (Å²) in [4.78, 5) is 28.1. The molecule has 12 heteroatoms. The van der Waals surface area contributed by atoms with Crippen molar-refractivity contribution in [1.29, 1.82) is 0 Å². The van der Waals surface area contributed by atoms with E-state index >= 15 is 4.39 Å². The van der Waals surface area contributed by atoms with Crippen molar-refractivity contribution in [3.05, 3.63) is 64.5 Å². The SMILES string of the molecule is C=C(Cl)/C=C\C=C(/F)[C@H]1[C@H](C(=O)N[C@@H]2CC[C@@H](C(C)O)OC2)NC2(CC(CF)(CF)C2)[C@@]12C(=O)Nc1cc(Cl)ccc12. The summed E-state index contributed by atoms with van der Waals surface area (Å²) in [5.74, 6) is -3.35. The van der Waals surface area contributed by atoms with Gasteiger partial charge in [0.25, 0.3) is 0 Å². The van der Waals surface area contributed by atoms with Gasteiger partial charge >= 0.3 is 0 Å². The molecule has 7 nitrogen and oxygen atoms in total. The van der Waals surface area contributed by atoms with Gasteiger partial charge in [0.05, 0.1) is 50.2 Å². The quantitative estimate of drug-likeness (QED) is 0.311. The predicted molar refractivity (Wildman–Crippen MR) is 154 cm³/mol. The molecule has 0 radical (unpaired) electrons. The van der Waals surface area contributed by atoms with Crippen LogP contribution in [-0.4, -0.2) is 66.7 Å². The molecule has 1 unspecified atom stereocenters. The van der Waals surface area contributed by atoms with E-state index in [0.29, 0.717) is 29.1 Å². The van der Waals surface area contributed by atoms with Crippen LogP contribution in [0.25, 0.3) is 0 Å². The number of fused-ring (bicyclic) bond motifs is 3. The molecule has 6 atom stereocenters. The highest BCUT2D eigenvalue weighted by molar-refractivity contribution is 6.31. The summed E-state index contributed by atoms with van der Waals surface area (Å²) in [7, 11) is 0. The fourth-order valence-corrected chi connectivity index (χ4v) is 7.70. The van der Waals surface area contributed by atoms with Crippen LogP contribution in [0.2, 0.25) is 5.02 Å². The van der Waals surface area contributed by atoms with E-state index in [0.717, 1.165) is 6.08 Å². The minimum absolute atomic E-state index is 0.132. The van der Waals surface area contributed by atoms with E-state index in [2.05, 4.69) is 22.5 Å². The van der Waals surface area contributed by atoms with Gasteiger partial charge in [0.1, 0.15) is 11.2 Å². The van der Waals surface area contributed by atoms with Gasteiger partial charge in [0, 0.05) is 26.7 Å². The van der Waals surface area contributed by atoms with Crippen molar-refractivity contribution in [3.8, 4) is 0 Å². The largest absolute Gasteiger partial charge is 0.391 e. The Morgan fingerprint density at radius 2 is 2.02 bits per heavy atom. The van der Waals surface area contributed by atoms with E-state index in [1.54, 1.807) is 19.1 Å². The van der Waals surface area contributed by atoms with Gasteiger partial charge in [-0.05, 0) is 62.5 Å². The van der Waals surface area contributed by atoms with Crippen LogP contribution in [0.3, 0.4) is 0 Å². The monoisotopic (exact) mass is 627 g/mol. The highest BCUT2D eigenvalue weighted by Crippen LogP contribution is 2.67. The van der Waals surface area contributed by atoms with E-state index in [4.69, 9.17) is 27.9 Å². The Morgan fingerprint density at radius 3 is 2.62 bits per heavy atom. The molecule has 228 valence electrons. The number of hydrogen-bond acceptors (Lipinski definition) is 5. The Labute approximate surface area is 252 Å². The minimum atomic E-state index is -1.73. The van der Waals surface area contributed by atoms with Crippen molar-refractivity contribution < 1.29 is 32.6 Å². The topological polar surface area (TPSA) is 99.7 Å². The van der Waals surface area contributed by atoms with Gasteiger partial charge in [-0.1, -0.05) is 41.9 Å². The molecule has 1 aromatic rings. The average molecular weight is 629 g/mol. The van der Waals surface area contributed by atoms with Gasteiger partial charge in [-0.2, -0.15) is 0 Å². The van der Waals surface area contributed by atoms with Gasteiger partial charge < -0.3 is 20.5 Å². The zero-order valence-electron chi connectivity index (χ0n) is 23.1. The summed E-state index contributed by atoms with van der Waals surface area (Å²) < 4.78 is 50.6. The molecule has 2 saturated heterocycles. The molecule has 2 spiro atoms. The second-order valence-corrected chi connectivity index (χ2v) is 12.9. The number of rotatable bonds is 8. The number of alkyl halides is 2. The summed E-state index contributed by atoms with van der Waals surface area (Å²) in [6.07, 6.45) is 3.54. The molecule has 4 N–H and O–H groups in total. The molecule has 3 fully saturated rings. The first-order valence-electron chi connectivity index (χ1n) is 13.9. The third kappa shape index (κ3) is 4.99. The molecule has 2 amide bonds. The van der Waals surface area contributed by atoms with Crippen LogP contribution in [0, 0.1) is 11.3 Å². The number of allylic oxidation sites excluding steroid dienone is 4. The molecule has 0 bridgehead atoms. The number of carbonyl (C=O) groups excluding carboxylic acids is 2. The summed E-state index contributed by atoms with van der Waals surface area (Å²) >= 11 is 12.0. The van der Waals surface area contributed by atoms with Crippen molar-refractivity contribution in [2.75, 3.05) is 25.3 Å².